The maximum absolute atomic E-state index is 11.2. The molecule has 0 saturated heterocycles. The number of carboxylic acids is 1. The van der Waals surface area contributed by atoms with E-state index in [1.54, 1.807) is 6.92 Å². The summed E-state index contributed by atoms with van der Waals surface area (Å²) in [5, 5.41) is 8.69. The molecule has 4 nitrogen and oxygen atoms in total. The molecule has 0 bridgehead atoms. The Hall–Kier alpha value is -1.06. The first-order chi connectivity index (χ1) is 6.15. The Morgan fingerprint density at radius 2 is 2.00 bits per heavy atom. The fourth-order valence-corrected chi connectivity index (χ4v) is 1.68. The molecule has 0 aromatic rings. The van der Waals surface area contributed by atoms with E-state index in [-0.39, 0.29) is 17.8 Å². The SMILES string of the molecule is CCOC(=O)[C@H]1CC[C@@H](C(=O)O)C1. The van der Waals surface area contributed by atoms with Crippen LogP contribution in [0.3, 0.4) is 0 Å². The van der Waals surface area contributed by atoms with E-state index < -0.39 is 5.97 Å². The zero-order chi connectivity index (χ0) is 9.84. The number of esters is 1. The first-order valence-corrected chi connectivity index (χ1v) is 4.54. The minimum absolute atomic E-state index is 0.193. The molecule has 0 amide bonds. The van der Waals surface area contributed by atoms with Crippen molar-refractivity contribution in [2.45, 2.75) is 26.2 Å². The molecule has 1 saturated carbocycles. The Bertz CT molecular complexity index is 212. The average molecular weight is 186 g/mol. The van der Waals surface area contributed by atoms with Gasteiger partial charge < -0.3 is 9.84 Å². The van der Waals surface area contributed by atoms with Crippen molar-refractivity contribution in [2.75, 3.05) is 6.61 Å². The van der Waals surface area contributed by atoms with Crippen LogP contribution in [0.1, 0.15) is 26.2 Å². The van der Waals surface area contributed by atoms with Gasteiger partial charge in [-0.3, -0.25) is 9.59 Å². The Morgan fingerprint density at radius 3 is 2.46 bits per heavy atom. The maximum Gasteiger partial charge on any atom is 0.308 e. The molecule has 1 N–H and O–H groups in total. The molecule has 4 heteroatoms. The van der Waals surface area contributed by atoms with Gasteiger partial charge in [0.2, 0.25) is 0 Å². The third-order valence-electron chi connectivity index (χ3n) is 2.40. The number of hydrogen-bond donors (Lipinski definition) is 1. The van der Waals surface area contributed by atoms with E-state index in [9.17, 15) is 9.59 Å². The standard InChI is InChI=1S/C9H14O4/c1-2-13-9(12)7-4-3-6(5-7)8(10)11/h6-7H,2-5H2,1H3,(H,10,11)/t6-,7+/m1/s1. The fraction of sp³-hybridized carbons (Fsp3) is 0.778. The minimum atomic E-state index is -0.799. The van der Waals surface area contributed by atoms with E-state index in [1.165, 1.54) is 0 Å². The second-order valence-electron chi connectivity index (χ2n) is 3.30. The molecule has 0 aromatic carbocycles. The van der Waals surface area contributed by atoms with Gasteiger partial charge in [0.25, 0.3) is 0 Å². The lowest BCUT2D eigenvalue weighted by molar-refractivity contribution is -0.148. The van der Waals surface area contributed by atoms with Crippen LogP contribution in [0.15, 0.2) is 0 Å². The van der Waals surface area contributed by atoms with Crippen LogP contribution in [0, 0.1) is 11.8 Å². The van der Waals surface area contributed by atoms with Crippen molar-refractivity contribution in [2.24, 2.45) is 11.8 Å². The lowest BCUT2D eigenvalue weighted by Gasteiger charge is -2.07. The summed E-state index contributed by atoms with van der Waals surface area (Å²) < 4.78 is 4.82. The quantitative estimate of drug-likeness (QED) is 0.669. The monoisotopic (exact) mass is 186 g/mol. The molecule has 0 aliphatic heterocycles. The third-order valence-corrected chi connectivity index (χ3v) is 2.40. The van der Waals surface area contributed by atoms with Crippen molar-refractivity contribution in [3.8, 4) is 0 Å². The zero-order valence-corrected chi connectivity index (χ0v) is 7.66. The molecule has 1 rings (SSSR count). The molecular weight excluding hydrogens is 172 g/mol. The zero-order valence-electron chi connectivity index (χ0n) is 7.66. The predicted octanol–water partition coefficient (Wildman–Crippen LogP) is 1.05. The van der Waals surface area contributed by atoms with Crippen molar-refractivity contribution in [3.05, 3.63) is 0 Å². The van der Waals surface area contributed by atoms with Crippen molar-refractivity contribution in [1.29, 1.82) is 0 Å². The number of aliphatic carboxylic acids is 1. The second-order valence-corrected chi connectivity index (χ2v) is 3.30. The van der Waals surface area contributed by atoms with E-state index in [0.717, 1.165) is 0 Å². The van der Waals surface area contributed by atoms with Gasteiger partial charge in [0.15, 0.2) is 0 Å². The highest BCUT2D eigenvalue weighted by molar-refractivity contribution is 5.76. The van der Waals surface area contributed by atoms with Gasteiger partial charge in [0.05, 0.1) is 18.4 Å². The number of carboxylic acid groups (broad SMARTS) is 1. The van der Waals surface area contributed by atoms with Crippen molar-refractivity contribution in [3.63, 3.8) is 0 Å². The van der Waals surface area contributed by atoms with E-state index >= 15 is 0 Å². The van der Waals surface area contributed by atoms with Crippen molar-refractivity contribution in [1.82, 2.24) is 0 Å². The first-order valence-electron chi connectivity index (χ1n) is 4.54. The van der Waals surface area contributed by atoms with E-state index in [2.05, 4.69) is 0 Å². The minimum Gasteiger partial charge on any atom is -0.481 e. The van der Waals surface area contributed by atoms with Gasteiger partial charge in [0, 0.05) is 0 Å². The number of carbonyl (C=O) groups is 2. The Morgan fingerprint density at radius 1 is 1.38 bits per heavy atom. The highest BCUT2D eigenvalue weighted by atomic mass is 16.5. The molecule has 1 aliphatic rings. The fourth-order valence-electron chi connectivity index (χ4n) is 1.68. The number of hydrogen-bond acceptors (Lipinski definition) is 3. The van der Waals surface area contributed by atoms with Gasteiger partial charge >= 0.3 is 11.9 Å². The first kappa shape index (κ1) is 10.0. The van der Waals surface area contributed by atoms with Crippen LogP contribution >= 0.6 is 0 Å². The molecule has 13 heavy (non-hydrogen) atoms. The summed E-state index contributed by atoms with van der Waals surface area (Å²) in [7, 11) is 0. The van der Waals surface area contributed by atoms with Crippen molar-refractivity contribution >= 4 is 11.9 Å². The van der Waals surface area contributed by atoms with Crippen LogP contribution in [0.5, 0.6) is 0 Å². The Kier molecular flexibility index (Phi) is 3.28. The Balaban J connectivity index is 2.40. The Labute approximate surface area is 76.9 Å². The van der Waals surface area contributed by atoms with Gasteiger partial charge in [-0.05, 0) is 26.2 Å². The van der Waals surface area contributed by atoms with Gasteiger partial charge in [-0.1, -0.05) is 0 Å². The molecule has 0 unspecified atom stereocenters. The van der Waals surface area contributed by atoms with Crippen LogP contribution in [-0.2, 0) is 14.3 Å². The largest absolute Gasteiger partial charge is 0.481 e. The van der Waals surface area contributed by atoms with Gasteiger partial charge in [-0.2, -0.15) is 0 Å². The molecule has 0 aromatic heterocycles. The molecule has 0 heterocycles. The maximum atomic E-state index is 11.2. The van der Waals surface area contributed by atoms with Gasteiger partial charge in [-0.25, -0.2) is 0 Å². The van der Waals surface area contributed by atoms with Crippen molar-refractivity contribution < 1.29 is 19.4 Å². The summed E-state index contributed by atoms with van der Waals surface area (Å²) in [6.45, 7) is 2.12. The summed E-state index contributed by atoms with van der Waals surface area (Å²) in [4.78, 5) is 21.8. The highest BCUT2D eigenvalue weighted by Gasteiger charge is 2.34. The molecular formula is C9H14O4. The molecule has 0 radical (unpaired) electrons. The van der Waals surface area contributed by atoms with E-state index in [4.69, 9.17) is 9.84 Å². The summed E-state index contributed by atoms with van der Waals surface area (Å²) in [5.41, 5.74) is 0. The summed E-state index contributed by atoms with van der Waals surface area (Å²) in [6, 6.07) is 0. The van der Waals surface area contributed by atoms with Gasteiger partial charge in [0.1, 0.15) is 0 Å². The van der Waals surface area contributed by atoms with Gasteiger partial charge in [-0.15, -0.1) is 0 Å². The predicted molar refractivity (Wildman–Crippen MR) is 45.1 cm³/mol. The molecule has 1 aliphatic carbocycles. The van der Waals surface area contributed by atoms with E-state index in [0.29, 0.717) is 25.9 Å². The summed E-state index contributed by atoms with van der Waals surface area (Å²) in [5.74, 6) is -1.59. The van der Waals surface area contributed by atoms with Crippen LogP contribution in [0.4, 0.5) is 0 Å². The van der Waals surface area contributed by atoms with Crippen LogP contribution in [-0.4, -0.2) is 23.7 Å². The highest BCUT2D eigenvalue weighted by Crippen LogP contribution is 2.31. The lowest BCUT2D eigenvalue weighted by atomic mass is 10.1. The third kappa shape index (κ3) is 2.44. The molecule has 74 valence electrons. The van der Waals surface area contributed by atoms with Crippen LogP contribution < -0.4 is 0 Å². The summed E-state index contributed by atoms with van der Waals surface area (Å²) >= 11 is 0. The number of carbonyl (C=O) groups excluding carboxylic acids is 1. The number of rotatable bonds is 3. The molecule has 1 fully saturated rings. The smallest absolute Gasteiger partial charge is 0.308 e. The van der Waals surface area contributed by atoms with Crippen LogP contribution in [0.2, 0.25) is 0 Å². The average Bonchev–Trinajstić information content (AvgIpc) is 2.52. The van der Waals surface area contributed by atoms with Crippen LogP contribution in [0.25, 0.3) is 0 Å². The summed E-state index contributed by atoms with van der Waals surface area (Å²) in [6.07, 6.45) is 1.68. The molecule has 0 spiro atoms. The normalized spacial score (nSPS) is 27.2. The number of ether oxygens (including phenoxy) is 1. The molecule has 2 atom stereocenters. The van der Waals surface area contributed by atoms with E-state index in [1.807, 2.05) is 0 Å². The lowest BCUT2D eigenvalue weighted by Crippen LogP contribution is -2.16. The second kappa shape index (κ2) is 4.25. The topological polar surface area (TPSA) is 63.6 Å².